The summed E-state index contributed by atoms with van der Waals surface area (Å²) in [6.07, 6.45) is -0.486. The van der Waals surface area contributed by atoms with Gasteiger partial charge in [0, 0.05) is 55.3 Å². The highest BCUT2D eigenvalue weighted by Gasteiger charge is 2.40. The molecule has 9 nitrogen and oxygen atoms in total. The minimum absolute atomic E-state index is 0.101. The molecule has 1 heterocycles. The molecule has 2 aromatic carbocycles. The summed E-state index contributed by atoms with van der Waals surface area (Å²) >= 11 is 11.9. The van der Waals surface area contributed by atoms with Crippen LogP contribution in [0.2, 0.25) is 10.0 Å². The third-order valence-electron chi connectivity index (χ3n) is 6.06. The maximum Gasteiger partial charge on any atom is 0.303 e. The lowest BCUT2D eigenvalue weighted by molar-refractivity contribution is -0.384. The SMILES string of the molecule is CCN(CCN(C)C(=O)c1ccc(Cl)cc1)[C@@H]1CN(c2ccc(Cl)cc2[N+](=O)[O-])C[C@H]1OC(C)=O. The van der Waals surface area contributed by atoms with Crippen LogP contribution >= 0.6 is 23.2 Å². The fourth-order valence-corrected chi connectivity index (χ4v) is 4.59. The van der Waals surface area contributed by atoms with E-state index in [-0.39, 0.29) is 22.7 Å². The Morgan fingerprint density at radius 1 is 1.11 bits per heavy atom. The predicted molar refractivity (Wildman–Crippen MR) is 135 cm³/mol. The van der Waals surface area contributed by atoms with Crippen molar-refractivity contribution in [3.8, 4) is 0 Å². The number of carbonyl (C=O) groups excluding carboxylic acids is 2. The van der Waals surface area contributed by atoms with E-state index in [0.717, 1.165) is 0 Å². The number of ether oxygens (including phenoxy) is 1. The van der Waals surface area contributed by atoms with E-state index in [1.165, 1.54) is 13.0 Å². The van der Waals surface area contributed by atoms with Crippen molar-refractivity contribution in [2.24, 2.45) is 0 Å². The number of nitro groups is 1. The highest BCUT2D eigenvalue weighted by Crippen LogP contribution is 2.34. The van der Waals surface area contributed by atoms with Crippen molar-refractivity contribution in [3.63, 3.8) is 0 Å². The summed E-state index contributed by atoms with van der Waals surface area (Å²) in [7, 11) is 1.73. The molecule has 0 unspecified atom stereocenters. The minimum Gasteiger partial charge on any atom is -0.459 e. The van der Waals surface area contributed by atoms with E-state index in [4.69, 9.17) is 27.9 Å². The fourth-order valence-electron chi connectivity index (χ4n) is 4.29. The largest absolute Gasteiger partial charge is 0.459 e. The van der Waals surface area contributed by atoms with Crippen LogP contribution < -0.4 is 4.90 Å². The normalized spacial score (nSPS) is 17.5. The van der Waals surface area contributed by atoms with Crippen molar-refractivity contribution >= 4 is 46.5 Å². The molecule has 0 radical (unpaired) electrons. The van der Waals surface area contributed by atoms with Gasteiger partial charge in [0.15, 0.2) is 0 Å². The molecule has 0 N–H and O–H groups in total. The summed E-state index contributed by atoms with van der Waals surface area (Å²) in [5.41, 5.74) is 0.862. The third-order valence-corrected chi connectivity index (χ3v) is 6.55. The molecule has 11 heteroatoms. The maximum absolute atomic E-state index is 12.8. The first-order valence-electron chi connectivity index (χ1n) is 11.2. The smallest absolute Gasteiger partial charge is 0.303 e. The average molecular weight is 523 g/mol. The molecule has 0 aromatic heterocycles. The Kier molecular flexibility index (Phi) is 8.93. The highest BCUT2D eigenvalue weighted by molar-refractivity contribution is 6.31. The molecule has 0 saturated carbocycles. The molecule has 1 amide bonds. The molecule has 1 fully saturated rings. The van der Waals surface area contributed by atoms with Crippen molar-refractivity contribution in [2.45, 2.75) is 26.0 Å². The van der Waals surface area contributed by atoms with Crippen LogP contribution in [0.5, 0.6) is 0 Å². The fraction of sp³-hybridized carbons (Fsp3) is 0.417. The first kappa shape index (κ1) is 26.7. The van der Waals surface area contributed by atoms with Crippen LogP contribution in [0, 0.1) is 10.1 Å². The number of carbonyl (C=O) groups is 2. The Hall–Kier alpha value is -2.88. The second kappa shape index (κ2) is 11.7. The van der Waals surface area contributed by atoms with Crippen molar-refractivity contribution in [1.82, 2.24) is 9.80 Å². The number of nitrogens with zero attached hydrogens (tertiary/aromatic N) is 4. The number of hydrogen-bond acceptors (Lipinski definition) is 7. The van der Waals surface area contributed by atoms with Gasteiger partial charge in [-0.05, 0) is 42.9 Å². The van der Waals surface area contributed by atoms with Crippen LogP contribution in [0.4, 0.5) is 11.4 Å². The van der Waals surface area contributed by atoms with Crippen LogP contribution in [0.15, 0.2) is 42.5 Å². The van der Waals surface area contributed by atoms with E-state index < -0.39 is 17.0 Å². The van der Waals surface area contributed by atoms with Gasteiger partial charge in [-0.1, -0.05) is 30.1 Å². The molecular weight excluding hydrogens is 495 g/mol. The van der Waals surface area contributed by atoms with Crippen LogP contribution in [-0.4, -0.2) is 78.5 Å². The van der Waals surface area contributed by atoms with Gasteiger partial charge >= 0.3 is 5.97 Å². The lowest BCUT2D eigenvalue weighted by atomic mass is 10.1. The summed E-state index contributed by atoms with van der Waals surface area (Å²) in [5.74, 6) is -0.544. The van der Waals surface area contributed by atoms with Crippen molar-refractivity contribution in [3.05, 3.63) is 68.2 Å². The van der Waals surface area contributed by atoms with Crippen molar-refractivity contribution in [2.75, 3.05) is 44.7 Å². The number of likely N-dealkylation sites (N-methyl/N-ethyl adjacent to an activating group) is 2. The summed E-state index contributed by atoms with van der Waals surface area (Å²) in [6.45, 7) is 5.68. The van der Waals surface area contributed by atoms with E-state index in [1.807, 2.05) is 11.8 Å². The summed E-state index contributed by atoms with van der Waals surface area (Å²) in [5, 5.41) is 12.5. The van der Waals surface area contributed by atoms with E-state index in [9.17, 15) is 19.7 Å². The monoisotopic (exact) mass is 522 g/mol. The number of amides is 1. The Morgan fingerprint density at radius 3 is 2.37 bits per heavy atom. The molecule has 1 saturated heterocycles. The lowest BCUT2D eigenvalue weighted by Crippen LogP contribution is -2.48. The van der Waals surface area contributed by atoms with Crippen LogP contribution in [-0.2, 0) is 9.53 Å². The molecule has 35 heavy (non-hydrogen) atoms. The van der Waals surface area contributed by atoms with Crippen molar-refractivity contribution < 1.29 is 19.2 Å². The zero-order valence-electron chi connectivity index (χ0n) is 19.8. The molecule has 188 valence electrons. The van der Waals surface area contributed by atoms with Crippen LogP contribution in [0.3, 0.4) is 0 Å². The molecular formula is C24H28Cl2N4O5. The maximum atomic E-state index is 12.8. The van der Waals surface area contributed by atoms with Gasteiger partial charge in [0.05, 0.1) is 17.5 Å². The average Bonchev–Trinajstić information content (AvgIpc) is 3.21. The predicted octanol–water partition coefficient (Wildman–Crippen LogP) is 4.12. The molecule has 1 aliphatic rings. The zero-order chi connectivity index (χ0) is 25.7. The van der Waals surface area contributed by atoms with Crippen LogP contribution in [0.25, 0.3) is 0 Å². The molecule has 2 atom stereocenters. The van der Waals surface area contributed by atoms with Gasteiger partial charge in [-0.25, -0.2) is 0 Å². The second-order valence-electron chi connectivity index (χ2n) is 8.37. The number of rotatable bonds is 9. The number of hydrogen-bond donors (Lipinski definition) is 0. The first-order chi connectivity index (χ1) is 16.6. The number of anilines is 1. The summed E-state index contributed by atoms with van der Waals surface area (Å²) in [6, 6.07) is 11.0. The number of nitro benzene ring substituents is 1. The summed E-state index contributed by atoms with van der Waals surface area (Å²) in [4.78, 5) is 41.3. The van der Waals surface area contributed by atoms with Crippen molar-refractivity contribution in [1.29, 1.82) is 0 Å². The Balaban J connectivity index is 1.75. The quantitative estimate of drug-likeness (QED) is 0.277. The van der Waals surface area contributed by atoms with Gasteiger partial charge in [-0.2, -0.15) is 0 Å². The molecule has 0 bridgehead atoms. The Morgan fingerprint density at radius 2 is 1.77 bits per heavy atom. The molecule has 1 aliphatic heterocycles. The lowest BCUT2D eigenvalue weighted by Gasteiger charge is -2.32. The summed E-state index contributed by atoms with van der Waals surface area (Å²) < 4.78 is 5.61. The van der Waals surface area contributed by atoms with Gasteiger partial charge in [-0.3, -0.25) is 24.6 Å². The molecule has 2 aromatic rings. The number of benzene rings is 2. The standard InChI is InChI=1S/C24H28Cl2N4O5/c1-4-28(12-11-27(3)24(32)17-5-7-18(25)8-6-17)22-14-29(15-23(22)35-16(2)31)20-10-9-19(26)13-21(20)30(33)34/h5-10,13,22-23H,4,11-12,14-15H2,1-3H3/t22-,23-/m1/s1. The van der Waals surface area contributed by atoms with Crippen LogP contribution in [0.1, 0.15) is 24.2 Å². The van der Waals surface area contributed by atoms with Gasteiger partial charge in [-0.15, -0.1) is 0 Å². The van der Waals surface area contributed by atoms with E-state index in [2.05, 4.69) is 4.90 Å². The minimum atomic E-state index is -0.486. The topological polar surface area (TPSA) is 96.2 Å². The van der Waals surface area contributed by atoms with Gasteiger partial charge < -0.3 is 14.5 Å². The third kappa shape index (κ3) is 6.62. The van der Waals surface area contributed by atoms with Gasteiger partial charge in [0.1, 0.15) is 11.8 Å². The van der Waals surface area contributed by atoms with E-state index in [1.54, 1.807) is 48.3 Å². The number of halogens is 2. The Labute approximate surface area is 214 Å². The van der Waals surface area contributed by atoms with E-state index >= 15 is 0 Å². The molecule has 0 aliphatic carbocycles. The molecule has 0 spiro atoms. The number of esters is 1. The molecule has 3 rings (SSSR count). The van der Waals surface area contributed by atoms with E-state index in [0.29, 0.717) is 49.0 Å². The Bertz CT molecular complexity index is 1080. The first-order valence-corrected chi connectivity index (χ1v) is 12.0. The highest BCUT2D eigenvalue weighted by atomic mass is 35.5. The zero-order valence-corrected chi connectivity index (χ0v) is 21.3. The van der Waals surface area contributed by atoms with Gasteiger partial charge in [0.2, 0.25) is 0 Å². The second-order valence-corrected chi connectivity index (χ2v) is 9.25. The van der Waals surface area contributed by atoms with Gasteiger partial charge in [0.25, 0.3) is 11.6 Å².